The molecule has 0 fully saturated rings. The maximum Gasteiger partial charge on any atom is 0.242 e. The van der Waals surface area contributed by atoms with Crippen molar-refractivity contribution in [1.82, 2.24) is 20.1 Å². The molecule has 2 N–H and O–H groups in total. The van der Waals surface area contributed by atoms with Crippen LogP contribution in [0.4, 0.5) is 5.82 Å². The van der Waals surface area contributed by atoms with Crippen LogP contribution in [0.2, 0.25) is 0 Å². The number of nitrogens with zero attached hydrogens (tertiary/aromatic N) is 3. The second kappa shape index (κ2) is 5.65. The fraction of sp³-hybridized carbons (Fsp3) is 0.400. The van der Waals surface area contributed by atoms with E-state index in [0.29, 0.717) is 5.82 Å². The molecule has 3 heterocycles. The molecule has 1 amide bonds. The third-order valence-electron chi connectivity index (χ3n) is 4.00. The molecule has 0 aromatic carbocycles. The van der Waals surface area contributed by atoms with E-state index in [-0.39, 0.29) is 11.9 Å². The van der Waals surface area contributed by atoms with Gasteiger partial charge in [-0.25, -0.2) is 4.98 Å². The summed E-state index contributed by atoms with van der Waals surface area (Å²) in [5.74, 6) is 0.560. The van der Waals surface area contributed by atoms with Crippen LogP contribution in [0, 0.1) is 6.92 Å². The summed E-state index contributed by atoms with van der Waals surface area (Å²) in [7, 11) is 0. The molecule has 6 heteroatoms. The monoisotopic (exact) mass is 285 g/mol. The molecule has 0 bridgehead atoms. The van der Waals surface area contributed by atoms with E-state index in [1.54, 1.807) is 12.3 Å². The number of hydrogen-bond acceptors (Lipinski definition) is 4. The van der Waals surface area contributed by atoms with Crippen molar-refractivity contribution in [2.45, 2.75) is 32.9 Å². The number of amides is 1. The van der Waals surface area contributed by atoms with Gasteiger partial charge in [-0.3, -0.25) is 14.8 Å². The number of rotatable bonds is 3. The van der Waals surface area contributed by atoms with Crippen LogP contribution >= 0.6 is 0 Å². The summed E-state index contributed by atoms with van der Waals surface area (Å²) < 4.78 is 0. The van der Waals surface area contributed by atoms with Crippen LogP contribution < -0.4 is 5.32 Å². The molecule has 2 aromatic rings. The van der Waals surface area contributed by atoms with Crippen LogP contribution in [0.5, 0.6) is 0 Å². The SMILES string of the molecule is Cc1[nH]nc2c1CN(C(C)C(=O)Nc1ccccn1)CC2. The second-order valence-electron chi connectivity index (χ2n) is 5.37. The van der Waals surface area contributed by atoms with E-state index in [1.165, 1.54) is 5.56 Å². The molecule has 0 aliphatic carbocycles. The minimum absolute atomic E-state index is 0.0294. The number of pyridine rings is 1. The van der Waals surface area contributed by atoms with Gasteiger partial charge < -0.3 is 5.32 Å². The van der Waals surface area contributed by atoms with Gasteiger partial charge in [0.25, 0.3) is 0 Å². The van der Waals surface area contributed by atoms with Gasteiger partial charge in [0.15, 0.2) is 0 Å². The molecule has 0 radical (unpaired) electrons. The normalized spacial score (nSPS) is 16.3. The topological polar surface area (TPSA) is 73.9 Å². The number of aryl methyl sites for hydroxylation is 1. The highest BCUT2D eigenvalue weighted by Crippen LogP contribution is 2.21. The Labute approximate surface area is 123 Å². The number of carbonyl (C=O) groups excluding carboxylic acids is 1. The molecule has 3 rings (SSSR count). The summed E-state index contributed by atoms with van der Waals surface area (Å²) in [6, 6.07) is 5.27. The highest BCUT2D eigenvalue weighted by molar-refractivity contribution is 5.93. The number of carbonyl (C=O) groups is 1. The zero-order chi connectivity index (χ0) is 14.8. The van der Waals surface area contributed by atoms with Crippen LogP contribution in [0.3, 0.4) is 0 Å². The molecule has 1 atom stereocenters. The van der Waals surface area contributed by atoms with E-state index >= 15 is 0 Å². The lowest BCUT2D eigenvalue weighted by Gasteiger charge is -2.31. The van der Waals surface area contributed by atoms with E-state index in [4.69, 9.17) is 0 Å². The van der Waals surface area contributed by atoms with Gasteiger partial charge in [-0.1, -0.05) is 6.07 Å². The first kappa shape index (κ1) is 13.8. The summed E-state index contributed by atoms with van der Waals surface area (Å²) in [4.78, 5) is 18.6. The summed E-state index contributed by atoms with van der Waals surface area (Å²) in [6.45, 7) is 5.55. The summed E-state index contributed by atoms with van der Waals surface area (Å²) in [6.07, 6.45) is 2.54. The zero-order valence-electron chi connectivity index (χ0n) is 12.3. The van der Waals surface area contributed by atoms with Crippen molar-refractivity contribution in [2.24, 2.45) is 0 Å². The predicted octanol–water partition coefficient (Wildman–Crippen LogP) is 1.50. The van der Waals surface area contributed by atoms with Crippen molar-refractivity contribution < 1.29 is 4.79 Å². The fourth-order valence-corrected chi connectivity index (χ4v) is 2.61. The molecule has 21 heavy (non-hydrogen) atoms. The Balaban J connectivity index is 1.67. The first-order valence-electron chi connectivity index (χ1n) is 7.14. The lowest BCUT2D eigenvalue weighted by molar-refractivity contribution is -0.121. The van der Waals surface area contributed by atoms with Crippen molar-refractivity contribution >= 4 is 11.7 Å². The lowest BCUT2D eigenvalue weighted by Crippen LogP contribution is -2.44. The maximum absolute atomic E-state index is 12.3. The first-order valence-corrected chi connectivity index (χ1v) is 7.14. The van der Waals surface area contributed by atoms with Gasteiger partial charge in [0.1, 0.15) is 5.82 Å². The standard InChI is InChI=1S/C15H19N5O/c1-10-12-9-20(8-6-13(12)19-18-10)11(2)15(21)17-14-5-3-4-7-16-14/h3-5,7,11H,6,8-9H2,1-2H3,(H,18,19)(H,16,17,21). The summed E-state index contributed by atoms with van der Waals surface area (Å²) in [5.41, 5.74) is 3.44. The van der Waals surface area contributed by atoms with E-state index < -0.39 is 0 Å². The minimum Gasteiger partial charge on any atom is -0.309 e. The number of aromatic amines is 1. The second-order valence-corrected chi connectivity index (χ2v) is 5.37. The number of nitrogens with one attached hydrogen (secondary N) is 2. The van der Waals surface area contributed by atoms with Gasteiger partial charge >= 0.3 is 0 Å². The molecule has 110 valence electrons. The van der Waals surface area contributed by atoms with Gasteiger partial charge in [0, 0.05) is 37.0 Å². The Hall–Kier alpha value is -2.21. The Kier molecular flexibility index (Phi) is 3.70. The summed E-state index contributed by atoms with van der Waals surface area (Å²) >= 11 is 0. The number of H-pyrrole nitrogens is 1. The van der Waals surface area contributed by atoms with Crippen LogP contribution in [0.15, 0.2) is 24.4 Å². The largest absolute Gasteiger partial charge is 0.309 e. The Morgan fingerprint density at radius 3 is 3.10 bits per heavy atom. The average molecular weight is 285 g/mol. The fourth-order valence-electron chi connectivity index (χ4n) is 2.61. The molecule has 0 saturated carbocycles. The van der Waals surface area contributed by atoms with Crippen molar-refractivity contribution in [3.05, 3.63) is 41.3 Å². The van der Waals surface area contributed by atoms with Gasteiger partial charge in [0.2, 0.25) is 5.91 Å². The Morgan fingerprint density at radius 2 is 2.33 bits per heavy atom. The van der Waals surface area contributed by atoms with Crippen LogP contribution in [0.25, 0.3) is 0 Å². The van der Waals surface area contributed by atoms with E-state index in [9.17, 15) is 4.79 Å². The minimum atomic E-state index is -0.200. The lowest BCUT2D eigenvalue weighted by atomic mass is 10.0. The maximum atomic E-state index is 12.3. The quantitative estimate of drug-likeness (QED) is 0.896. The molecular formula is C15H19N5O. The van der Waals surface area contributed by atoms with Crippen molar-refractivity contribution in [3.63, 3.8) is 0 Å². The summed E-state index contributed by atoms with van der Waals surface area (Å²) in [5, 5.41) is 10.2. The number of hydrogen-bond donors (Lipinski definition) is 2. The first-order chi connectivity index (χ1) is 10.1. The average Bonchev–Trinajstić information content (AvgIpc) is 2.88. The molecule has 1 aliphatic heterocycles. The Morgan fingerprint density at radius 1 is 1.48 bits per heavy atom. The van der Waals surface area contributed by atoms with Gasteiger partial charge in [-0.05, 0) is 26.0 Å². The molecular weight excluding hydrogens is 266 g/mol. The number of anilines is 1. The molecule has 1 unspecified atom stereocenters. The molecule has 0 saturated heterocycles. The van der Waals surface area contributed by atoms with Crippen molar-refractivity contribution in [2.75, 3.05) is 11.9 Å². The number of fused-ring (bicyclic) bond motifs is 1. The molecule has 6 nitrogen and oxygen atoms in total. The molecule has 0 spiro atoms. The van der Waals surface area contributed by atoms with E-state index in [1.807, 2.05) is 26.0 Å². The number of aromatic nitrogens is 3. The smallest absolute Gasteiger partial charge is 0.242 e. The van der Waals surface area contributed by atoms with E-state index in [0.717, 1.165) is 30.9 Å². The third-order valence-corrected chi connectivity index (χ3v) is 4.00. The van der Waals surface area contributed by atoms with Gasteiger partial charge in [0.05, 0.1) is 11.7 Å². The van der Waals surface area contributed by atoms with Crippen LogP contribution in [0.1, 0.15) is 23.9 Å². The Bertz CT molecular complexity index is 637. The van der Waals surface area contributed by atoms with Gasteiger partial charge in [-0.15, -0.1) is 0 Å². The van der Waals surface area contributed by atoms with E-state index in [2.05, 4.69) is 25.4 Å². The van der Waals surface area contributed by atoms with Crippen LogP contribution in [-0.2, 0) is 17.8 Å². The molecule has 1 aliphatic rings. The zero-order valence-corrected chi connectivity index (χ0v) is 12.3. The highest BCUT2D eigenvalue weighted by Gasteiger charge is 2.27. The van der Waals surface area contributed by atoms with Gasteiger partial charge in [-0.2, -0.15) is 5.10 Å². The van der Waals surface area contributed by atoms with Crippen molar-refractivity contribution in [1.29, 1.82) is 0 Å². The third kappa shape index (κ3) is 2.80. The van der Waals surface area contributed by atoms with Crippen molar-refractivity contribution in [3.8, 4) is 0 Å². The highest BCUT2D eigenvalue weighted by atomic mass is 16.2. The molecule has 2 aromatic heterocycles. The van der Waals surface area contributed by atoms with Crippen LogP contribution in [-0.4, -0.2) is 38.6 Å². The predicted molar refractivity (Wildman–Crippen MR) is 79.8 cm³/mol.